The van der Waals surface area contributed by atoms with Crippen molar-refractivity contribution >= 4 is 23.2 Å². The third-order valence-corrected chi connectivity index (χ3v) is 5.83. The Kier molecular flexibility index (Phi) is 6.94. The topological polar surface area (TPSA) is 141 Å². The van der Waals surface area contributed by atoms with Gasteiger partial charge in [-0.05, 0) is 24.6 Å². The number of amides is 2. The highest BCUT2D eigenvalue weighted by atomic mass is 16.8. The van der Waals surface area contributed by atoms with Crippen molar-refractivity contribution in [1.82, 2.24) is 5.32 Å². The molecule has 0 saturated carbocycles. The van der Waals surface area contributed by atoms with Crippen LogP contribution in [-0.4, -0.2) is 70.1 Å². The summed E-state index contributed by atoms with van der Waals surface area (Å²) in [5, 5.41) is 36.6. The zero-order chi connectivity index (χ0) is 24.4. The fraction of sp³-hybridized carbons (Fsp3) is 0.375. The number of benzene rings is 2. The third kappa shape index (κ3) is 4.66. The molecule has 2 heterocycles. The van der Waals surface area contributed by atoms with E-state index in [1.807, 2.05) is 55.5 Å². The van der Waals surface area contributed by atoms with Crippen molar-refractivity contribution in [2.75, 3.05) is 11.5 Å². The Balaban J connectivity index is 1.64. The van der Waals surface area contributed by atoms with Crippen molar-refractivity contribution in [3.8, 4) is 0 Å². The number of hydrogen-bond donors (Lipinski definition) is 4. The van der Waals surface area contributed by atoms with E-state index in [4.69, 9.17) is 9.57 Å². The zero-order valence-electron chi connectivity index (χ0n) is 18.8. The molecule has 4 N–H and O–H groups in total. The van der Waals surface area contributed by atoms with Crippen LogP contribution >= 0.6 is 0 Å². The number of oxime groups is 1. The predicted octanol–water partition coefficient (Wildman–Crippen LogP) is 0.206. The Morgan fingerprint density at radius 2 is 1.91 bits per heavy atom. The fourth-order valence-corrected chi connectivity index (χ4v) is 4.10. The van der Waals surface area contributed by atoms with E-state index in [0.29, 0.717) is 17.8 Å². The molecule has 4 rings (SSSR count). The zero-order valence-corrected chi connectivity index (χ0v) is 18.8. The first kappa shape index (κ1) is 23.8. The molecule has 0 bridgehead atoms. The van der Waals surface area contributed by atoms with Gasteiger partial charge in [0.2, 0.25) is 12.2 Å². The summed E-state index contributed by atoms with van der Waals surface area (Å²) in [6.45, 7) is 2.87. The van der Waals surface area contributed by atoms with Crippen LogP contribution in [0.15, 0.2) is 53.7 Å². The molecule has 180 valence electrons. The van der Waals surface area contributed by atoms with Crippen molar-refractivity contribution in [3.05, 3.63) is 65.2 Å². The highest BCUT2D eigenvalue weighted by molar-refractivity contribution is 6.54. The van der Waals surface area contributed by atoms with Gasteiger partial charge in [-0.15, -0.1) is 0 Å². The minimum Gasteiger partial charge on any atom is -0.394 e. The molecular formula is C24H27N3O7. The fourth-order valence-electron chi connectivity index (χ4n) is 4.10. The Morgan fingerprint density at radius 1 is 1.18 bits per heavy atom. The van der Waals surface area contributed by atoms with Gasteiger partial charge in [0.25, 0.3) is 5.91 Å². The lowest BCUT2D eigenvalue weighted by molar-refractivity contribution is -0.270. The van der Waals surface area contributed by atoms with E-state index < -0.39 is 43.2 Å². The number of rotatable bonds is 6. The van der Waals surface area contributed by atoms with E-state index in [-0.39, 0.29) is 11.6 Å². The molecule has 10 nitrogen and oxygen atoms in total. The molecule has 0 radical (unpaired) electrons. The number of anilines is 1. The SMILES string of the molecule is CC(=O)N[C@H]1[C@@H](O/N=C2\C(=O)N(Cc3ccccc3)c3ccc(C)cc32)O[C@@H](CO)[C@@H](O)[C@H]1O. The summed E-state index contributed by atoms with van der Waals surface area (Å²) in [4.78, 5) is 32.1. The molecule has 2 aromatic carbocycles. The average molecular weight is 469 g/mol. The van der Waals surface area contributed by atoms with Crippen molar-refractivity contribution in [1.29, 1.82) is 0 Å². The average Bonchev–Trinajstić information content (AvgIpc) is 3.07. The molecule has 2 aromatic rings. The maximum absolute atomic E-state index is 13.3. The van der Waals surface area contributed by atoms with E-state index >= 15 is 0 Å². The number of carbonyl (C=O) groups is 2. The van der Waals surface area contributed by atoms with E-state index in [1.54, 1.807) is 4.90 Å². The van der Waals surface area contributed by atoms with Gasteiger partial charge in [0, 0.05) is 12.5 Å². The number of nitrogens with one attached hydrogen (secondary N) is 1. The molecular weight excluding hydrogens is 442 g/mol. The molecule has 2 amide bonds. The monoisotopic (exact) mass is 469 g/mol. The van der Waals surface area contributed by atoms with Crippen molar-refractivity contribution < 1.29 is 34.5 Å². The van der Waals surface area contributed by atoms with Crippen LogP contribution in [0.4, 0.5) is 5.69 Å². The summed E-state index contributed by atoms with van der Waals surface area (Å²) >= 11 is 0. The van der Waals surface area contributed by atoms with E-state index in [0.717, 1.165) is 11.1 Å². The molecule has 0 spiro atoms. The van der Waals surface area contributed by atoms with Gasteiger partial charge in [0.15, 0.2) is 5.71 Å². The summed E-state index contributed by atoms with van der Waals surface area (Å²) in [5.41, 5.74) is 3.15. The van der Waals surface area contributed by atoms with Crippen LogP contribution in [-0.2, 0) is 25.7 Å². The Morgan fingerprint density at radius 3 is 2.59 bits per heavy atom. The van der Waals surface area contributed by atoms with Crippen LogP contribution in [0.1, 0.15) is 23.6 Å². The lowest BCUT2D eigenvalue weighted by atomic mass is 9.97. The summed E-state index contributed by atoms with van der Waals surface area (Å²) in [5.74, 6) is -0.869. The third-order valence-electron chi connectivity index (χ3n) is 5.83. The second-order valence-electron chi connectivity index (χ2n) is 8.38. The second kappa shape index (κ2) is 9.90. The van der Waals surface area contributed by atoms with Crippen LogP contribution in [0.3, 0.4) is 0 Å². The molecule has 10 heteroatoms. The quantitative estimate of drug-likeness (QED) is 0.443. The number of aryl methyl sites for hydroxylation is 1. The number of carbonyl (C=O) groups excluding carboxylic acids is 2. The van der Waals surface area contributed by atoms with Crippen molar-refractivity contribution in [2.24, 2.45) is 5.16 Å². The number of nitrogens with zero attached hydrogens (tertiary/aromatic N) is 2. The lowest BCUT2D eigenvalue weighted by Crippen LogP contribution is -2.64. The minimum absolute atomic E-state index is 0.0426. The number of ether oxygens (including phenoxy) is 1. The van der Waals surface area contributed by atoms with E-state index in [1.165, 1.54) is 6.92 Å². The minimum atomic E-state index is -1.48. The molecule has 1 saturated heterocycles. The van der Waals surface area contributed by atoms with Crippen LogP contribution in [0.25, 0.3) is 0 Å². The first-order valence-electron chi connectivity index (χ1n) is 10.9. The van der Waals surface area contributed by atoms with Gasteiger partial charge in [0.1, 0.15) is 24.4 Å². The Labute approximate surface area is 196 Å². The molecule has 34 heavy (non-hydrogen) atoms. The summed E-state index contributed by atoms with van der Waals surface area (Å²) in [7, 11) is 0. The van der Waals surface area contributed by atoms with Gasteiger partial charge in [-0.2, -0.15) is 0 Å². The Hall–Kier alpha value is -3.31. The highest BCUT2D eigenvalue weighted by Crippen LogP contribution is 2.32. The summed E-state index contributed by atoms with van der Waals surface area (Å²) < 4.78 is 5.53. The van der Waals surface area contributed by atoms with E-state index in [9.17, 15) is 24.9 Å². The van der Waals surface area contributed by atoms with Gasteiger partial charge in [-0.1, -0.05) is 47.1 Å². The first-order valence-corrected chi connectivity index (χ1v) is 10.9. The lowest BCUT2D eigenvalue weighted by Gasteiger charge is -2.40. The van der Waals surface area contributed by atoms with Gasteiger partial charge in [-0.25, -0.2) is 0 Å². The number of aliphatic hydroxyl groups excluding tert-OH is 3. The number of hydrogen-bond acceptors (Lipinski definition) is 8. The smallest absolute Gasteiger partial charge is 0.281 e. The number of aliphatic hydroxyl groups is 3. The number of fused-ring (bicyclic) bond motifs is 1. The van der Waals surface area contributed by atoms with Gasteiger partial charge in [-0.3, -0.25) is 9.59 Å². The van der Waals surface area contributed by atoms with Crippen LogP contribution < -0.4 is 10.2 Å². The molecule has 5 atom stereocenters. The van der Waals surface area contributed by atoms with Crippen LogP contribution in [0.2, 0.25) is 0 Å². The molecule has 2 aliphatic rings. The standard InChI is InChI=1S/C24H27N3O7/c1-13-8-9-17-16(10-13)19(23(32)27(17)11-15-6-4-3-5-7-15)26-34-24-20(25-14(2)29)22(31)21(30)18(12-28)33-24/h3-10,18,20-22,24,28,30-31H,11-12H2,1-2H3,(H,25,29)/b26-19-/t18-,20+,21+,22-,24+/m0/s1. The molecule has 0 aliphatic carbocycles. The van der Waals surface area contributed by atoms with Crippen LogP contribution in [0, 0.1) is 6.92 Å². The van der Waals surface area contributed by atoms with Gasteiger partial charge < -0.3 is 35.1 Å². The normalized spacial score (nSPS) is 27.6. The van der Waals surface area contributed by atoms with Crippen molar-refractivity contribution in [2.45, 2.75) is 51.0 Å². The van der Waals surface area contributed by atoms with Crippen LogP contribution in [0.5, 0.6) is 0 Å². The molecule has 2 aliphatic heterocycles. The van der Waals surface area contributed by atoms with Gasteiger partial charge >= 0.3 is 0 Å². The first-order chi connectivity index (χ1) is 16.3. The molecule has 0 aromatic heterocycles. The maximum atomic E-state index is 13.3. The maximum Gasteiger partial charge on any atom is 0.281 e. The molecule has 0 unspecified atom stereocenters. The second-order valence-corrected chi connectivity index (χ2v) is 8.38. The largest absolute Gasteiger partial charge is 0.394 e. The molecule has 1 fully saturated rings. The summed E-state index contributed by atoms with van der Waals surface area (Å²) in [6, 6.07) is 13.9. The highest BCUT2D eigenvalue weighted by Gasteiger charge is 2.46. The van der Waals surface area contributed by atoms with E-state index in [2.05, 4.69) is 10.5 Å². The predicted molar refractivity (Wildman–Crippen MR) is 122 cm³/mol. The Bertz CT molecular complexity index is 1090. The summed E-state index contributed by atoms with van der Waals surface area (Å²) in [6.07, 6.45) is -5.44. The van der Waals surface area contributed by atoms with Crippen molar-refractivity contribution in [3.63, 3.8) is 0 Å². The van der Waals surface area contributed by atoms with Gasteiger partial charge in [0.05, 0.1) is 18.8 Å².